The van der Waals surface area contributed by atoms with Crippen molar-refractivity contribution in [2.24, 2.45) is 0 Å². The van der Waals surface area contributed by atoms with E-state index in [1.165, 1.54) is 0 Å². The van der Waals surface area contributed by atoms with Gasteiger partial charge in [0.25, 0.3) is 0 Å². The first-order valence-corrected chi connectivity index (χ1v) is 8.08. The lowest BCUT2D eigenvalue weighted by Gasteiger charge is -2.23. The second kappa shape index (κ2) is 7.40. The summed E-state index contributed by atoms with van der Waals surface area (Å²) >= 11 is 1.65. The Labute approximate surface area is 133 Å². The SMILES string of the molecule is O=C(NC[C@H]1COCCO1)Nc1ccccc1-c1cccs1. The van der Waals surface area contributed by atoms with Crippen molar-refractivity contribution in [3.63, 3.8) is 0 Å². The van der Waals surface area contributed by atoms with E-state index < -0.39 is 0 Å². The molecule has 2 heterocycles. The highest BCUT2D eigenvalue weighted by molar-refractivity contribution is 7.13. The quantitative estimate of drug-likeness (QED) is 0.911. The van der Waals surface area contributed by atoms with Gasteiger partial charge in [-0.3, -0.25) is 0 Å². The molecular formula is C16H18N2O3S. The van der Waals surface area contributed by atoms with Crippen molar-refractivity contribution in [3.8, 4) is 10.4 Å². The highest BCUT2D eigenvalue weighted by Gasteiger charge is 2.15. The Morgan fingerprint density at radius 2 is 2.14 bits per heavy atom. The Morgan fingerprint density at radius 3 is 2.91 bits per heavy atom. The molecule has 1 aromatic heterocycles. The van der Waals surface area contributed by atoms with Crippen LogP contribution in [0.1, 0.15) is 0 Å². The third-order valence-electron chi connectivity index (χ3n) is 3.34. The van der Waals surface area contributed by atoms with Gasteiger partial charge in [-0.05, 0) is 17.5 Å². The van der Waals surface area contributed by atoms with Crippen LogP contribution in [-0.4, -0.2) is 38.5 Å². The number of hydrogen-bond acceptors (Lipinski definition) is 4. The number of anilines is 1. The number of ether oxygens (including phenoxy) is 2. The van der Waals surface area contributed by atoms with Gasteiger partial charge >= 0.3 is 6.03 Å². The third kappa shape index (κ3) is 3.85. The number of thiophene rings is 1. The Bertz CT molecular complexity index is 610. The maximum Gasteiger partial charge on any atom is 0.319 e. The van der Waals surface area contributed by atoms with Crippen LogP contribution in [0.3, 0.4) is 0 Å². The van der Waals surface area contributed by atoms with Gasteiger partial charge in [-0.15, -0.1) is 11.3 Å². The molecule has 6 heteroatoms. The Hall–Kier alpha value is -1.89. The average molecular weight is 318 g/mol. The lowest BCUT2D eigenvalue weighted by atomic mass is 10.1. The van der Waals surface area contributed by atoms with E-state index in [1.807, 2.05) is 41.8 Å². The molecule has 1 saturated heterocycles. The zero-order valence-electron chi connectivity index (χ0n) is 12.1. The zero-order chi connectivity index (χ0) is 15.2. The summed E-state index contributed by atoms with van der Waals surface area (Å²) in [7, 11) is 0. The van der Waals surface area contributed by atoms with Gasteiger partial charge in [0.15, 0.2) is 0 Å². The van der Waals surface area contributed by atoms with E-state index in [9.17, 15) is 4.79 Å². The molecule has 1 aliphatic rings. The van der Waals surface area contributed by atoms with Gasteiger partial charge in [-0.2, -0.15) is 0 Å². The molecule has 2 aromatic rings. The summed E-state index contributed by atoms with van der Waals surface area (Å²) in [4.78, 5) is 13.2. The molecule has 2 amide bonds. The molecule has 1 aromatic carbocycles. The molecule has 0 aliphatic carbocycles. The number of benzene rings is 1. The summed E-state index contributed by atoms with van der Waals surface area (Å²) in [5.74, 6) is 0. The third-order valence-corrected chi connectivity index (χ3v) is 4.24. The number of urea groups is 1. The van der Waals surface area contributed by atoms with Gasteiger partial charge < -0.3 is 20.1 Å². The highest BCUT2D eigenvalue weighted by atomic mass is 32.1. The van der Waals surface area contributed by atoms with E-state index in [-0.39, 0.29) is 12.1 Å². The van der Waals surface area contributed by atoms with Crippen LogP contribution in [0.5, 0.6) is 0 Å². The standard InChI is InChI=1S/C16H18N2O3S/c19-16(17-10-12-11-20-7-8-21-12)18-14-5-2-1-4-13(14)15-6-3-9-22-15/h1-6,9,12H,7-8,10-11H2,(H2,17,18,19)/t12-/m0/s1. The number of nitrogens with one attached hydrogen (secondary N) is 2. The van der Waals surface area contributed by atoms with Crippen molar-refractivity contribution >= 4 is 23.1 Å². The second-order valence-electron chi connectivity index (χ2n) is 4.93. The van der Waals surface area contributed by atoms with E-state index in [0.717, 1.165) is 16.1 Å². The van der Waals surface area contributed by atoms with Crippen LogP contribution in [-0.2, 0) is 9.47 Å². The van der Waals surface area contributed by atoms with Crippen LogP contribution < -0.4 is 10.6 Å². The average Bonchev–Trinajstić information content (AvgIpc) is 3.09. The molecule has 5 nitrogen and oxygen atoms in total. The fraction of sp³-hybridized carbons (Fsp3) is 0.312. The minimum atomic E-state index is -0.238. The van der Waals surface area contributed by atoms with E-state index >= 15 is 0 Å². The van der Waals surface area contributed by atoms with Crippen LogP contribution >= 0.6 is 11.3 Å². The summed E-state index contributed by atoms with van der Waals surface area (Å²) in [5.41, 5.74) is 1.81. The molecule has 0 radical (unpaired) electrons. The second-order valence-corrected chi connectivity index (χ2v) is 5.87. The van der Waals surface area contributed by atoms with Crippen molar-refractivity contribution in [1.82, 2.24) is 5.32 Å². The molecule has 2 N–H and O–H groups in total. The van der Waals surface area contributed by atoms with Crippen molar-refractivity contribution in [3.05, 3.63) is 41.8 Å². The Kier molecular flexibility index (Phi) is 5.05. The molecule has 0 spiro atoms. The van der Waals surface area contributed by atoms with E-state index in [0.29, 0.717) is 26.4 Å². The predicted octanol–water partition coefficient (Wildman–Crippen LogP) is 2.95. The smallest absolute Gasteiger partial charge is 0.319 e. The Morgan fingerprint density at radius 1 is 1.23 bits per heavy atom. The van der Waals surface area contributed by atoms with Gasteiger partial charge in [-0.1, -0.05) is 24.3 Å². The first kappa shape index (κ1) is 15.0. The lowest BCUT2D eigenvalue weighted by molar-refractivity contribution is -0.0852. The molecular weight excluding hydrogens is 300 g/mol. The van der Waals surface area contributed by atoms with Crippen molar-refractivity contribution in [2.45, 2.75) is 6.10 Å². The van der Waals surface area contributed by atoms with Crippen molar-refractivity contribution in [1.29, 1.82) is 0 Å². The van der Waals surface area contributed by atoms with Gasteiger partial charge in [0.1, 0.15) is 0 Å². The zero-order valence-corrected chi connectivity index (χ0v) is 12.9. The van der Waals surface area contributed by atoms with Gasteiger partial charge in [0.05, 0.1) is 31.6 Å². The molecule has 0 unspecified atom stereocenters. The molecule has 0 bridgehead atoms. The van der Waals surface area contributed by atoms with Crippen LogP contribution in [0.25, 0.3) is 10.4 Å². The van der Waals surface area contributed by atoms with Crippen molar-refractivity contribution < 1.29 is 14.3 Å². The van der Waals surface area contributed by atoms with Crippen molar-refractivity contribution in [2.75, 3.05) is 31.7 Å². The molecule has 3 rings (SSSR count). The number of rotatable bonds is 4. The molecule has 0 saturated carbocycles. The predicted molar refractivity (Wildman–Crippen MR) is 87.3 cm³/mol. The number of amides is 2. The molecule has 1 aliphatic heterocycles. The Balaban J connectivity index is 1.59. The number of para-hydroxylation sites is 1. The topological polar surface area (TPSA) is 59.6 Å². The molecule has 22 heavy (non-hydrogen) atoms. The van der Waals surface area contributed by atoms with Gasteiger partial charge in [-0.25, -0.2) is 4.79 Å². The minimum absolute atomic E-state index is 0.0768. The summed E-state index contributed by atoms with van der Waals surface area (Å²) in [6.45, 7) is 2.16. The molecule has 1 atom stereocenters. The summed E-state index contributed by atoms with van der Waals surface area (Å²) in [5, 5.41) is 7.74. The fourth-order valence-corrected chi connectivity index (χ4v) is 3.03. The summed E-state index contributed by atoms with van der Waals surface area (Å²) in [6, 6.07) is 11.6. The maximum absolute atomic E-state index is 12.1. The van der Waals surface area contributed by atoms with Crippen LogP contribution in [0, 0.1) is 0 Å². The largest absolute Gasteiger partial charge is 0.376 e. The lowest BCUT2D eigenvalue weighted by Crippen LogP contribution is -2.41. The van der Waals surface area contributed by atoms with E-state index in [4.69, 9.17) is 9.47 Å². The maximum atomic E-state index is 12.1. The highest BCUT2D eigenvalue weighted by Crippen LogP contribution is 2.31. The first-order valence-electron chi connectivity index (χ1n) is 7.20. The number of carbonyl (C=O) groups excluding carboxylic acids is 1. The first-order chi connectivity index (χ1) is 10.8. The summed E-state index contributed by atoms with van der Waals surface area (Å²) in [6.07, 6.45) is -0.0768. The number of hydrogen-bond donors (Lipinski definition) is 2. The number of carbonyl (C=O) groups is 1. The van der Waals surface area contributed by atoms with Gasteiger partial charge in [0.2, 0.25) is 0 Å². The summed E-state index contributed by atoms with van der Waals surface area (Å²) < 4.78 is 10.8. The van der Waals surface area contributed by atoms with Crippen LogP contribution in [0.15, 0.2) is 41.8 Å². The monoisotopic (exact) mass is 318 g/mol. The molecule has 116 valence electrons. The van der Waals surface area contributed by atoms with E-state index in [1.54, 1.807) is 11.3 Å². The minimum Gasteiger partial charge on any atom is -0.376 e. The van der Waals surface area contributed by atoms with Gasteiger partial charge in [0, 0.05) is 17.0 Å². The normalized spacial score (nSPS) is 17.9. The fourth-order valence-electron chi connectivity index (χ4n) is 2.27. The van der Waals surface area contributed by atoms with Crippen LogP contribution in [0.4, 0.5) is 10.5 Å². The van der Waals surface area contributed by atoms with Crippen LogP contribution in [0.2, 0.25) is 0 Å². The van der Waals surface area contributed by atoms with E-state index in [2.05, 4.69) is 10.6 Å². The molecule has 1 fully saturated rings.